The van der Waals surface area contributed by atoms with E-state index >= 15 is 0 Å². The van der Waals surface area contributed by atoms with Gasteiger partial charge in [-0.15, -0.1) is 6.42 Å². The molecule has 3 amide bonds. The molecular formula is C31H39N3O5S. The average molecular weight is 566 g/mol. The van der Waals surface area contributed by atoms with Crippen LogP contribution in [0, 0.1) is 12.3 Å². The van der Waals surface area contributed by atoms with Crippen molar-refractivity contribution in [2.45, 2.75) is 70.2 Å². The van der Waals surface area contributed by atoms with Gasteiger partial charge in [-0.1, -0.05) is 18.1 Å². The first-order chi connectivity index (χ1) is 19.1. The van der Waals surface area contributed by atoms with Crippen molar-refractivity contribution in [2.75, 3.05) is 24.4 Å². The lowest BCUT2D eigenvalue weighted by atomic mass is 9.87. The zero-order chi connectivity index (χ0) is 29.3. The van der Waals surface area contributed by atoms with Crippen molar-refractivity contribution >= 4 is 35.4 Å². The van der Waals surface area contributed by atoms with E-state index < -0.39 is 23.8 Å². The normalized spacial score (nSPS) is 14.6. The fraction of sp³-hybridized carbons (Fsp3) is 0.452. The molecule has 1 fully saturated rings. The molecule has 0 radical (unpaired) electrons. The van der Waals surface area contributed by atoms with Crippen LogP contribution in [0.3, 0.4) is 0 Å². The van der Waals surface area contributed by atoms with Crippen LogP contribution < -0.4 is 15.4 Å². The number of ether oxygens (including phenoxy) is 2. The molecule has 0 heterocycles. The zero-order valence-electron chi connectivity index (χ0n) is 23.9. The quantitative estimate of drug-likeness (QED) is 0.355. The lowest BCUT2D eigenvalue weighted by Gasteiger charge is -2.43. The molecule has 2 aromatic carbocycles. The van der Waals surface area contributed by atoms with Crippen LogP contribution in [-0.2, 0) is 14.3 Å². The van der Waals surface area contributed by atoms with E-state index in [4.69, 9.17) is 15.9 Å². The topological polar surface area (TPSA) is 97.0 Å². The van der Waals surface area contributed by atoms with Gasteiger partial charge in [0.05, 0.1) is 7.11 Å². The summed E-state index contributed by atoms with van der Waals surface area (Å²) < 4.78 is 10.7. The molecule has 1 aliphatic carbocycles. The number of rotatable bonds is 11. The van der Waals surface area contributed by atoms with Crippen LogP contribution in [0.25, 0.3) is 0 Å². The van der Waals surface area contributed by atoms with Gasteiger partial charge in [-0.05, 0) is 100 Å². The first kappa shape index (κ1) is 30.9. The van der Waals surface area contributed by atoms with Crippen molar-refractivity contribution in [3.05, 3.63) is 59.7 Å². The van der Waals surface area contributed by atoms with Crippen molar-refractivity contribution in [3.8, 4) is 18.1 Å². The van der Waals surface area contributed by atoms with Crippen LogP contribution in [0.2, 0.25) is 0 Å². The molecule has 0 aromatic heterocycles. The molecule has 40 heavy (non-hydrogen) atoms. The third-order valence-electron chi connectivity index (χ3n) is 6.60. The van der Waals surface area contributed by atoms with Gasteiger partial charge in [-0.2, -0.15) is 11.8 Å². The van der Waals surface area contributed by atoms with Gasteiger partial charge in [0.2, 0.25) is 5.91 Å². The minimum Gasteiger partial charge on any atom is -0.497 e. The molecule has 2 unspecified atom stereocenters. The molecule has 0 saturated heterocycles. The lowest BCUT2D eigenvalue weighted by molar-refractivity contribution is -0.145. The predicted octanol–water partition coefficient (Wildman–Crippen LogP) is 5.38. The number of nitrogens with one attached hydrogen (secondary N) is 2. The number of benzene rings is 2. The number of anilines is 1. The van der Waals surface area contributed by atoms with Crippen molar-refractivity contribution in [1.29, 1.82) is 0 Å². The second-order valence-electron chi connectivity index (χ2n) is 10.7. The number of nitrogens with zero attached hydrogens (tertiary/aromatic N) is 1. The number of amides is 3. The third kappa shape index (κ3) is 8.43. The van der Waals surface area contributed by atoms with Gasteiger partial charge in [0.25, 0.3) is 5.91 Å². The van der Waals surface area contributed by atoms with E-state index in [1.54, 1.807) is 93.1 Å². The number of alkyl carbamates (subject to hydrolysis) is 1. The standard InChI is InChI=1S/C31H39N3O5S/c1-7-21-11-13-22(14-12-21)27(28(35)32-23-15-17-25(38-5)18-16-23)34(24-9-8-10-24)29(36)26(19-20-40-6)33-30(37)39-31(2,3)4/h1,11-18,24,26-27H,8-10,19-20H2,2-6H3,(H,32,35)(H,33,37). The van der Waals surface area contributed by atoms with Gasteiger partial charge >= 0.3 is 6.09 Å². The monoisotopic (exact) mass is 565 g/mol. The highest BCUT2D eigenvalue weighted by Gasteiger charge is 2.42. The van der Waals surface area contributed by atoms with Gasteiger partial charge in [0, 0.05) is 17.3 Å². The highest BCUT2D eigenvalue weighted by Crippen LogP contribution is 2.35. The molecule has 2 N–H and O–H groups in total. The molecule has 2 atom stereocenters. The summed E-state index contributed by atoms with van der Waals surface area (Å²) in [4.78, 5) is 42.6. The van der Waals surface area contributed by atoms with Crippen LogP contribution in [0.4, 0.5) is 10.5 Å². The maximum atomic E-state index is 14.3. The van der Waals surface area contributed by atoms with E-state index in [0.29, 0.717) is 34.7 Å². The van der Waals surface area contributed by atoms with Crippen LogP contribution >= 0.6 is 11.8 Å². The van der Waals surface area contributed by atoms with Gasteiger partial charge in [-0.3, -0.25) is 9.59 Å². The smallest absolute Gasteiger partial charge is 0.408 e. The molecule has 1 saturated carbocycles. The summed E-state index contributed by atoms with van der Waals surface area (Å²) in [6.45, 7) is 5.31. The van der Waals surface area contributed by atoms with Gasteiger partial charge in [-0.25, -0.2) is 4.79 Å². The molecule has 0 aliphatic heterocycles. The Morgan fingerprint density at radius 2 is 1.75 bits per heavy atom. The van der Waals surface area contributed by atoms with E-state index in [-0.39, 0.29) is 17.9 Å². The van der Waals surface area contributed by atoms with Crippen molar-refractivity contribution < 1.29 is 23.9 Å². The molecule has 2 aromatic rings. The van der Waals surface area contributed by atoms with Crippen LogP contribution in [-0.4, -0.2) is 59.6 Å². The van der Waals surface area contributed by atoms with Crippen LogP contribution in [0.5, 0.6) is 5.75 Å². The number of thioether (sulfide) groups is 1. The average Bonchev–Trinajstić information content (AvgIpc) is 2.89. The summed E-state index contributed by atoms with van der Waals surface area (Å²) in [6, 6.07) is 12.1. The van der Waals surface area contributed by atoms with E-state index in [0.717, 1.165) is 19.3 Å². The van der Waals surface area contributed by atoms with Gasteiger partial charge < -0.3 is 25.0 Å². The van der Waals surface area contributed by atoms with Crippen LogP contribution in [0.1, 0.15) is 63.6 Å². The molecule has 8 nitrogen and oxygen atoms in total. The fourth-order valence-electron chi connectivity index (χ4n) is 4.39. The number of carbonyl (C=O) groups excluding carboxylic acids is 3. The summed E-state index contributed by atoms with van der Waals surface area (Å²) in [5.74, 6) is 3.22. The number of carbonyl (C=O) groups is 3. The molecule has 9 heteroatoms. The lowest BCUT2D eigenvalue weighted by Crippen LogP contribution is -2.57. The summed E-state index contributed by atoms with van der Waals surface area (Å²) in [5, 5.41) is 5.75. The van der Waals surface area contributed by atoms with Gasteiger partial charge in [0.15, 0.2) is 0 Å². The highest BCUT2D eigenvalue weighted by atomic mass is 32.2. The minimum absolute atomic E-state index is 0.149. The Hall–Kier alpha value is -3.64. The Kier molecular flexibility index (Phi) is 10.9. The minimum atomic E-state index is -0.941. The predicted molar refractivity (Wildman–Crippen MR) is 159 cm³/mol. The van der Waals surface area contributed by atoms with Crippen molar-refractivity contribution in [3.63, 3.8) is 0 Å². The second-order valence-corrected chi connectivity index (χ2v) is 11.7. The number of methoxy groups -OCH3 is 1. The van der Waals surface area contributed by atoms with E-state index in [1.807, 2.05) is 6.26 Å². The zero-order valence-corrected chi connectivity index (χ0v) is 24.7. The highest BCUT2D eigenvalue weighted by molar-refractivity contribution is 7.98. The molecule has 0 spiro atoms. The van der Waals surface area contributed by atoms with E-state index in [1.165, 1.54) is 0 Å². The molecule has 3 rings (SSSR count). The molecule has 214 valence electrons. The maximum absolute atomic E-state index is 14.3. The third-order valence-corrected chi connectivity index (χ3v) is 7.24. The second kappa shape index (κ2) is 14.1. The summed E-state index contributed by atoms with van der Waals surface area (Å²) in [6.07, 6.45) is 9.72. The number of hydrogen-bond acceptors (Lipinski definition) is 6. The Morgan fingerprint density at radius 3 is 2.25 bits per heavy atom. The van der Waals surface area contributed by atoms with E-state index in [2.05, 4.69) is 16.6 Å². The van der Waals surface area contributed by atoms with Crippen LogP contribution in [0.15, 0.2) is 48.5 Å². The molecule has 0 bridgehead atoms. The molecule has 1 aliphatic rings. The summed E-state index contributed by atoms with van der Waals surface area (Å²) in [7, 11) is 1.57. The van der Waals surface area contributed by atoms with Crippen molar-refractivity contribution in [1.82, 2.24) is 10.2 Å². The van der Waals surface area contributed by atoms with Gasteiger partial charge in [0.1, 0.15) is 23.4 Å². The maximum Gasteiger partial charge on any atom is 0.408 e. The van der Waals surface area contributed by atoms with Crippen molar-refractivity contribution in [2.24, 2.45) is 0 Å². The summed E-state index contributed by atoms with van der Waals surface area (Å²) in [5.41, 5.74) is 1.16. The Morgan fingerprint density at radius 1 is 1.10 bits per heavy atom. The first-order valence-corrected chi connectivity index (χ1v) is 14.8. The Labute approximate surface area is 241 Å². The Balaban J connectivity index is 2.00. The first-order valence-electron chi connectivity index (χ1n) is 13.4. The fourth-order valence-corrected chi connectivity index (χ4v) is 4.86. The number of terminal acetylenes is 1. The Bertz CT molecular complexity index is 1200. The van der Waals surface area contributed by atoms with E-state index in [9.17, 15) is 14.4 Å². The molecular weight excluding hydrogens is 526 g/mol. The largest absolute Gasteiger partial charge is 0.497 e. The number of hydrogen-bond donors (Lipinski definition) is 2. The SMILES string of the molecule is C#Cc1ccc(C(C(=O)Nc2ccc(OC)cc2)N(C(=O)C(CCSC)NC(=O)OC(C)(C)C)C2CCC2)cc1. The summed E-state index contributed by atoms with van der Waals surface area (Å²) >= 11 is 1.58.